The minimum Gasteiger partial charge on any atom is -0.459 e. The molecule has 1 aromatic heterocycles. The normalized spacial score (nSPS) is 18.3. The lowest BCUT2D eigenvalue weighted by molar-refractivity contribution is 0.372. The molecule has 21 heavy (non-hydrogen) atoms. The van der Waals surface area contributed by atoms with Crippen LogP contribution in [0, 0.1) is 5.82 Å². The van der Waals surface area contributed by atoms with E-state index in [1.807, 2.05) is 13.1 Å². The Morgan fingerprint density at radius 1 is 1.19 bits per heavy atom. The third-order valence-corrected chi connectivity index (χ3v) is 4.41. The number of benzene rings is 2. The van der Waals surface area contributed by atoms with E-state index in [0.29, 0.717) is 5.92 Å². The Balaban J connectivity index is 1.72. The average Bonchev–Trinajstić information content (AvgIpc) is 2.87. The van der Waals surface area contributed by atoms with Crippen LogP contribution in [0.2, 0.25) is 0 Å². The minimum absolute atomic E-state index is 0.121. The summed E-state index contributed by atoms with van der Waals surface area (Å²) < 4.78 is 19.2. The summed E-state index contributed by atoms with van der Waals surface area (Å²) in [5.74, 6) is 1.05. The van der Waals surface area contributed by atoms with Gasteiger partial charge in [-0.1, -0.05) is 24.3 Å². The van der Waals surface area contributed by atoms with Crippen molar-refractivity contribution >= 4 is 11.0 Å². The fraction of sp³-hybridized carbons (Fsp3) is 0.222. The minimum atomic E-state index is -0.232. The van der Waals surface area contributed by atoms with Crippen molar-refractivity contribution in [2.75, 3.05) is 7.05 Å². The first kappa shape index (κ1) is 12.6. The largest absolute Gasteiger partial charge is 0.459 e. The second-order valence-corrected chi connectivity index (χ2v) is 5.61. The molecule has 0 saturated heterocycles. The Hall–Kier alpha value is -2.13. The van der Waals surface area contributed by atoms with E-state index in [2.05, 4.69) is 29.6 Å². The lowest BCUT2D eigenvalue weighted by Crippen LogP contribution is -2.31. The van der Waals surface area contributed by atoms with Gasteiger partial charge in [0.2, 0.25) is 0 Å². The van der Waals surface area contributed by atoms with Crippen LogP contribution in [0.4, 0.5) is 4.39 Å². The molecule has 1 aliphatic carbocycles. The van der Waals surface area contributed by atoms with Crippen LogP contribution in [0.25, 0.3) is 11.0 Å². The molecule has 3 heteroatoms. The highest BCUT2D eigenvalue weighted by Crippen LogP contribution is 2.44. The summed E-state index contributed by atoms with van der Waals surface area (Å²) >= 11 is 0. The van der Waals surface area contributed by atoms with Gasteiger partial charge in [-0.05, 0) is 48.9 Å². The van der Waals surface area contributed by atoms with Gasteiger partial charge in [-0.2, -0.15) is 0 Å². The van der Waals surface area contributed by atoms with Crippen LogP contribution in [-0.4, -0.2) is 7.05 Å². The summed E-state index contributed by atoms with van der Waals surface area (Å²) in [5, 5.41) is 4.17. The van der Waals surface area contributed by atoms with Crippen molar-refractivity contribution in [1.29, 1.82) is 0 Å². The van der Waals surface area contributed by atoms with E-state index in [1.54, 1.807) is 6.07 Å². The Bertz CT molecular complexity index is 808. The van der Waals surface area contributed by atoms with Crippen molar-refractivity contribution in [3.8, 4) is 0 Å². The summed E-state index contributed by atoms with van der Waals surface area (Å²) in [4.78, 5) is 0. The smallest absolute Gasteiger partial charge is 0.134 e. The zero-order valence-electron chi connectivity index (χ0n) is 11.8. The molecule has 0 saturated carbocycles. The molecular weight excluding hydrogens is 265 g/mol. The molecule has 0 radical (unpaired) electrons. The number of fused-ring (bicyclic) bond motifs is 2. The summed E-state index contributed by atoms with van der Waals surface area (Å²) in [6, 6.07) is 15.2. The molecule has 0 fully saturated rings. The Labute approximate surface area is 122 Å². The van der Waals surface area contributed by atoms with Crippen LogP contribution < -0.4 is 5.32 Å². The molecule has 2 atom stereocenters. The van der Waals surface area contributed by atoms with E-state index < -0.39 is 0 Å². The lowest BCUT2D eigenvalue weighted by Gasteiger charge is -2.35. The fourth-order valence-corrected chi connectivity index (χ4v) is 3.32. The summed E-state index contributed by atoms with van der Waals surface area (Å²) in [7, 11) is 1.94. The predicted molar refractivity (Wildman–Crippen MR) is 80.9 cm³/mol. The van der Waals surface area contributed by atoms with Gasteiger partial charge in [0.1, 0.15) is 17.2 Å². The molecule has 3 aromatic rings. The van der Waals surface area contributed by atoms with Gasteiger partial charge >= 0.3 is 0 Å². The zero-order chi connectivity index (χ0) is 14.4. The standard InChI is InChI=1S/C18H16FNO/c1-20-18(15-9-11-4-2-3-5-14(11)15)17-10-12-8-13(19)6-7-16(12)21-17/h2-8,10,15,18,20H,9H2,1H3. The summed E-state index contributed by atoms with van der Waals surface area (Å²) in [5.41, 5.74) is 3.52. The van der Waals surface area contributed by atoms with E-state index in [1.165, 1.54) is 23.3 Å². The predicted octanol–water partition coefficient (Wildman–Crippen LogP) is 4.17. The molecule has 1 aliphatic rings. The molecule has 0 aliphatic heterocycles. The number of hydrogen-bond acceptors (Lipinski definition) is 2. The molecule has 2 nitrogen and oxygen atoms in total. The number of halogens is 1. The van der Waals surface area contributed by atoms with Crippen LogP contribution in [0.5, 0.6) is 0 Å². The van der Waals surface area contributed by atoms with Gasteiger partial charge in [-0.3, -0.25) is 0 Å². The molecule has 106 valence electrons. The first-order valence-electron chi connectivity index (χ1n) is 7.20. The second kappa shape index (κ2) is 4.71. The Kier molecular flexibility index (Phi) is 2.82. The van der Waals surface area contributed by atoms with Crippen molar-refractivity contribution in [2.24, 2.45) is 0 Å². The van der Waals surface area contributed by atoms with Gasteiger partial charge < -0.3 is 9.73 Å². The highest BCUT2D eigenvalue weighted by Gasteiger charge is 2.34. The van der Waals surface area contributed by atoms with Crippen LogP contribution in [0.3, 0.4) is 0 Å². The van der Waals surface area contributed by atoms with Crippen molar-refractivity contribution in [3.63, 3.8) is 0 Å². The van der Waals surface area contributed by atoms with E-state index in [9.17, 15) is 4.39 Å². The first-order valence-corrected chi connectivity index (χ1v) is 7.20. The van der Waals surface area contributed by atoms with Gasteiger partial charge in [-0.25, -0.2) is 4.39 Å². The fourth-order valence-electron chi connectivity index (χ4n) is 3.32. The maximum atomic E-state index is 13.3. The average molecular weight is 281 g/mol. The molecule has 2 aromatic carbocycles. The monoisotopic (exact) mass is 281 g/mol. The van der Waals surface area contributed by atoms with E-state index in [-0.39, 0.29) is 11.9 Å². The Morgan fingerprint density at radius 3 is 2.86 bits per heavy atom. The number of likely N-dealkylation sites (N-methyl/N-ethyl adjacent to an activating group) is 1. The third kappa shape index (κ3) is 1.96. The highest BCUT2D eigenvalue weighted by molar-refractivity contribution is 5.78. The molecular formula is C18H16FNO. The van der Waals surface area contributed by atoms with Crippen molar-refractivity contribution in [3.05, 3.63) is 71.2 Å². The second-order valence-electron chi connectivity index (χ2n) is 5.61. The van der Waals surface area contributed by atoms with Crippen molar-refractivity contribution in [2.45, 2.75) is 18.4 Å². The number of hydrogen-bond donors (Lipinski definition) is 1. The molecule has 0 bridgehead atoms. The molecule has 1 N–H and O–H groups in total. The SMILES string of the molecule is CNC(c1cc2cc(F)ccc2o1)C1Cc2ccccc21. The van der Waals surface area contributed by atoms with Crippen molar-refractivity contribution in [1.82, 2.24) is 5.32 Å². The van der Waals surface area contributed by atoms with Gasteiger partial charge in [0.25, 0.3) is 0 Å². The molecule has 4 rings (SSSR count). The van der Waals surface area contributed by atoms with Gasteiger partial charge in [0, 0.05) is 11.3 Å². The zero-order valence-corrected chi connectivity index (χ0v) is 11.8. The Morgan fingerprint density at radius 2 is 2.05 bits per heavy atom. The van der Waals surface area contributed by atoms with Crippen LogP contribution in [-0.2, 0) is 6.42 Å². The molecule has 2 unspecified atom stereocenters. The van der Waals surface area contributed by atoms with Gasteiger partial charge in [0.05, 0.1) is 6.04 Å². The first-order chi connectivity index (χ1) is 10.3. The quantitative estimate of drug-likeness (QED) is 0.779. The number of furan rings is 1. The maximum Gasteiger partial charge on any atom is 0.134 e. The molecule has 0 amide bonds. The van der Waals surface area contributed by atoms with Gasteiger partial charge in [0.15, 0.2) is 0 Å². The number of rotatable bonds is 3. The van der Waals surface area contributed by atoms with Crippen LogP contribution >= 0.6 is 0 Å². The van der Waals surface area contributed by atoms with E-state index in [4.69, 9.17) is 4.42 Å². The summed E-state index contributed by atoms with van der Waals surface area (Å²) in [6.45, 7) is 0. The van der Waals surface area contributed by atoms with Crippen LogP contribution in [0.1, 0.15) is 28.8 Å². The molecule has 1 heterocycles. The lowest BCUT2D eigenvalue weighted by atomic mass is 9.73. The number of nitrogens with one attached hydrogen (secondary N) is 1. The van der Waals surface area contributed by atoms with Crippen molar-refractivity contribution < 1.29 is 8.81 Å². The van der Waals surface area contributed by atoms with Crippen LogP contribution in [0.15, 0.2) is 52.9 Å². The third-order valence-electron chi connectivity index (χ3n) is 4.41. The maximum absolute atomic E-state index is 13.3. The topological polar surface area (TPSA) is 25.2 Å². The van der Waals surface area contributed by atoms with Gasteiger partial charge in [-0.15, -0.1) is 0 Å². The summed E-state index contributed by atoms with van der Waals surface area (Å²) in [6.07, 6.45) is 1.05. The van der Waals surface area contributed by atoms with E-state index in [0.717, 1.165) is 23.2 Å². The van der Waals surface area contributed by atoms with E-state index >= 15 is 0 Å². The molecule has 0 spiro atoms. The highest BCUT2D eigenvalue weighted by atomic mass is 19.1.